The number of anilines is 1. The summed E-state index contributed by atoms with van der Waals surface area (Å²) in [7, 11) is -3.93. The average Bonchev–Trinajstić information content (AvgIpc) is 2.72. The Morgan fingerprint density at radius 3 is 2.57 bits per heavy atom. The third kappa shape index (κ3) is 3.79. The minimum Gasteiger partial charge on any atom is -0.491 e. The lowest BCUT2D eigenvalue weighted by molar-refractivity contribution is 0.321. The first-order valence-corrected chi connectivity index (χ1v) is 8.79. The molecule has 0 saturated heterocycles. The predicted molar refractivity (Wildman–Crippen MR) is 82.7 cm³/mol. The van der Waals surface area contributed by atoms with Gasteiger partial charge in [-0.05, 0) is 25.1 Å². The zero-order valence-electron chi connectivity index (χ0n) is 10.7. The van der Waals surface area contributed by atoms with Crippen molar-refractivity contribution >= 4 is 50.2 Å². The summed E-state index contributed by atoms with van der Waals surface area (Å²) in [4.78, 5) is -0.145. The number of nitrogens with one attached hydrogen (secondary N) is 1. The first-order valence-electron chi connectivity index (χ1n) is 5.73. The number of hydrogen-bond donors (Lipinski definition) is 1. The highest BCUT2D eigenvalue weighted by Gasteiger charge is 2.21. The SMILES string of the molecule is CCOc1ccc(NS(=O)(=O)c2cc(Cl)sc2Cl)cc1F. The van der Waals surface area contributed by atoms with Crippen LogP contribution in [0.15, 0.2) is 29.2 Å². The van der Waals surface area contributed by atoms with Crippen LogP contribution in [0.3, 0.4) is 0 Å². The molecule has 1 aromatic heterocycles. The Morgan fingerprint density at radius 1 is 1.33 bits per heavy atom. The summed E-state index contributed by atoms with van der Waals surface area (Å²) >= 11 is 12.5. The van der Waals surface area contributed by atoms with E-state index in [1.165, 1.54) is 18.2 Å². The molecule has 21 heavy (non-hydrogen) atoms. The quantitative estimate of drug-likeness (QED) is 0.849. The zero-order chi connectivity index (χ0) is 15.6. The van der Waals surface area contributed by atoms with Gasteiger partial charge in [0.2, 0.25) is 0 Å². The van der Waals surface area contributed by atoms with E-state index in [0.717, 1.165) is 17.4 Å². The van der Waals surface area contributed by atoms with E-state index in [4.69, 9.17) is 27.9 Å². The van der Waals surface area contributed by atoms with Crippen molar-refractivity contribution in [1.82, 2.24) is 0 Å². The third-order valence-corrected chi connectivity index (χ3v) is 5.53. The average molecular weight is 370 g/mol. The van der Waals surface area contributed by atoms with E-state index in [-0.39, 0.29) is 25.0 Å². The van der Waals surface area contributed by atoms with Gasteiger partial charge < -0.3 is 4.74 Å². The maximum Gasteiger partial charge on any atom is 0.264 e. The summed E-state index contributed by atoms with van der Waals surface area (Å²) in [5.41, 5.74) is 0.0642. The number of rotatable bonds is 5. The lowest BCUT2D eigenvalue weighted by atomic mass is 10.3. The molecule has 0 fully saturated rings. The fourth-order valence-corrected chi connectivity index (χ4v) is 4.76. The summed E-state index contributed by atoms with van der Waals surface area (Å²) in [5, 5.41) is 0. The molecule has 0 atom stereocenters. The van der Waals surface area contributed by atoms with Crippen molar-refractivity contribution in [2.24, 2.45) is 0 Å². The monoisotopic (exact) mass is 369 g/mol. The minimum atomic E-state index is -3.93. The van der Waals surface area contributed by atoms with Gasteiger partial charge in [0.1, 0.15) is 9.23 Å². The topological polar surface area (TPSA) is 55.4 Å². The van der Waals surface area contributed by atoms with Gasteiger partial charge in [0.25, 0.3) is 10.0 Å². The van der Waals surface area contributed by atoms with Crippen molar-refractivity contribution < 1.29 is 17.5 Å². The van der Waals surface area contributed by atoms with Crippen LogP contribution in [-0.4, -0.2) is 15.0 Å². The van der Waals surface area contributed by atoms with E-state index in [9.17, 15) is 12.8 Å². The Bertz CT molecular complexity index is 762. The highest BCUT2D eigenvalue weighted by molar-refractivity contribution is 7.93. The smallest absolute Gasteiger partial charge is 0.264 e. The van der Waals surface area contributed by atoms with Crippen molar-refractivity contribution in [1.29, 1.82) is 0 Å². The molecule has 0 aliphatic heterocycles. The van der Waals surface area contributed by atoms with Crippen LogP contribution in [0.2, 0.25) is 8.67 Å². The number of thiophene rings is 1. The van der Waals surface area contributed by atoms with Crippen LogP contribution in [0.1, 0.15) is 6.92 Å². The minimum absolute atomic E-state index is 0.0407. The van der Waals surface area contributed by atoms with Crippen molar-refractivity contribution in [3.8, 4) is 5.75 Å². The molecule has 0 aliphatic rings. The summed E-state index contributed by atoms with van der Waals surface area (Å²) in [5.74, 6) is -0.608. The summed E-state index contributed by atoms with van der Waals surface area (Å²) in [6.45, 7) is 2.03. The standard InChI is InChI=1S/C12H10Cl2FNO3S2/c1-2-19-9-4-3-7(5-8(9)15)16-21(17,18)10-6-11(13)20-12(10)14/h3-6,16H,2H2,1H3. The van der Waals surface area contributed by atoms with Crippen LogP contribution >= 0.6 is 34.5 Å². The molecule has 0 spiro atoms. The molecule has 4 nitrogen and oxygen atoms in total. The molecule has 0 amide bonds. The Balaban J connectivity index is 2.29. The molecular weight excluding hydrogens is 360 g/mol. The number of halogens is 3. The van der Waals surface area contributed by atoms with Crippen molar-refractivity contribution in [2.75, 3.05) is 11.3 Å². The van der Waals surface area contributed by atoms with Crippen LogP contribution in [0.5, 0.6) is 5.75 Å². The highest BCUT2D eigenvalue weighted by Crippen LogP contribution is 2.35. The molecule has 1 aromatic carbocycles. The second-order valence-corrected chi connectivity index (χ2v) is 7.81. The number of sulfonamides is 1. The molecule has 0 radical (unpaired) electrons. The van der Waals surface area contributed by atoms with Crippen molar-refractivity contribution in [3.63, 3.8) is 0 Å². The molecule has 1 heterocycles. The fraction of sp³-hybridized carbons (Fsp3) is 0.167. The van der Waals surface area contributed by atoms with Crippen LogP contribution in [0.4, 0.5) is 10.1 Å². The molecule has 2 aromatic rings. The van der Waals surface area contributed by atoms with E-state index in [0.29, 0.717) is 6.61 Å². The molecular formula is C12H10Cl2FNO3S2. The fourth-order valence-electron chi connectivity index (χ4n) is 1.56. The van der Waals surface area contributed by atoms with Gasteiger partial charge in [0, 0.05) is 6.07 Å². The summed E-state index contributed by atoms with van der Waals surface area (Å²) in [6, 6.07) is 5.01. The maximum atomic E-state index is 13.7. The van der Waals surface area contributed by atoms with Gasteiger partial charge in [0.05, 0.1) is 16.6 Å². The van der Waals surface area contributed by atoms with Gasteiger partial charge in [-0.2, -0.15) is 0 Å². The van der Waals surface area contributed by atoms with Crippen molar-refractivity contribution in [2.45, 2.75) is 11.8 Å². The summed E-state index contributed by atoms with van der Waals surface area (Å²) in [6.07, 6.45) is 0. The molecule has 0 bridgehead atoms. The van der Waals surface area contributed by atoms with Crippen LogP contribution in [-0.2, 0) is 10.0 Å². The van der Waals surface area contributed by atoms with Gasteiger partial charge in [-0.3, -0.25) is 4.72 Å². The molecule has 0 aliphatic carbocycles. The number of hydrogen-bond acceptors (Lipinski definition) is 4. The molecule has 2 rings (SSSR count). The van der Waals surface area contributed by atoms with Crippen molar-refractivity contribution in [3.05, 3.63) is 38.8 Å². The van der Waals surface area contributed by atoms with E-state index in [2.05, 4.69) is 4.72 Å². The third-order valence-electron chi connectivity index (χ3n) is 2.40. The zero-order valence-corrected chi connectivity index (χ0v) is 13.8. The van der Waals surface area contributed by atoms with Gasteiger partial charge >= 0.3 is 0 Å². The van der Waals surface area contributed by atoms with E-state index in [1.54, 1.807) is 6.92 Å². The van der Waals surface area contributed by atoms with Crippen LogP contribution in [0.25, 0.3) is 0 Å². The highest BCUT2D eigenvalue weighted by atomic mass is 35.5. The Labute approximate surface area is 135 Å². The molecule has 114 valence electrons. The first kappa shape index (κ1) is 16.4. The molecule has 1 N–H and O–H groups in total. The van der Waals surface area contributed by atoms with Gasteiger partial charge in [-0.15, -0.1) is 11.3 Å². The Kier molecular flexibility index (Phi) is 4.98. The molecule has 0 unspecified atom stereocenters. The largest absolute Gasteiger partial charge is 0.491 e. The van der Waals surface area contributed by atoms with Crippen LogP contribution in [0, 0.1) is 5.82 Å². The first-order chi connectivity index (χ1) is 9.83. The van der Waals surface area contributed by atoms with Crippen LogP contribution < -0.4 is 9.46 Å². The van der Waals surface area contributed by atoms with Gasteiger partial charge in [-0.25, -0.2) is 12.8 Å². The maximum absolute atomic E-state index is 13.7. The second kappa shape index (κ2) is 6.39. The van der Waals surface area contributed by atoms with E-state index >= 15 is 0 Å². The molecule has 0 saturated carbocycles. The normalized spacial score (nSPS) is 11.4. The van der Waals surface area contributed by atoms with E-state index < -0.39 is 15.8 Å². The Morgan fingerprint density at radius 2 is 2.05 bits per heavy atom. The lowest BCUT2D eigenvalue weighted by Gasteiger charge is -2.09. The summed E-state index contributed by atoms with van der Waals surface area (Å²) < 4.78 is 45.6. The van der Waals surface area contributed by atoms with Gasteiger partial charge in [0.15, 0.2) is 11.6 Å². The number of ether oxygens (including phenoxy) is 1. The lowest BCUT2D eigenvalue weighted by Crippen LogP contribution is -2.12. The Hall–Kier alpha value is -1.02. The van der Waals surface area contributed by atoms with Gasteiger partial charge in [-0.1, -0.05) is 23.2 Å². The predicted octanol–water partition coefficient (Wildman–Crippen LogP) is 4.39. The van der Waals surface area contributed by atoms with E-state index in [1.807, 2.05) is 0 Å². The molecule has 9 heteroatoms. The second-order valence-electron chi connectivity index (χ2n) is 3.87. The number of benzene rings is 1.